The molecule has 1 heterocycles. The summed E-state index contributed by atoms with van der Waals surface area (Å²) in [7, 11) is 5.85. The summed E-state index contributed by atoms with van der Waals surface area (Å²) >= 11 is 0. The Balaban J connectivity index is 2.80. The zero-order valence-electron chi connectivity index (χ0n) is 12.6. The number of nitrogens with zero attached hydrogens (tertiary/aromatic N) is 4. The lowest BCUT2D eigenvalue weighted by Gasteiger charge is -2.32. The molecular weight excluding hydrogens is 244 g/mol. The van der Waals surface area contributed by atoms with E-state index in [0.717, 1.165) is 6.54 Å². The number of rotatable bonds is 7. The number of aromatic nitrogens is 3. The lowest BCUT2D eigenvalue weighted by Crippen LogP contribution is -2.44. The van der Waals surface area contributed by atoms with E-state index in [1.165, 1.54) is 0 Å². The summed E-state index contributed by atoms with van der Waals surface area (Å²) in [5.41, 5.74) is -0.00177. The fourth-order valence-corrected chi connectivity index (χ4v) is 1.19. The highest BCUT2D eigenvalue weighted by Crippen LogP contribution is 2.14. The average Bonchev–Trinajstić information content (AvgIpc) is 2.36. The third-order valence-corrected chi connectivity index (χ3v) is 3.00. The van der Waals surface area contributed by atoms with E-state index in [1.54, 1.807) is 7.05 Å². The first-order valence-corrected chi connectivity index (χ1v) is 6.37. The Hall–Kier alpha value is -1.63. The van der Waals surface area contributed by atoms with E-state index >= 15 is 0 Å². The van der Waals surface area contributed by atoms with Crippen LogP contribution in [0.4, 0.5) is 11.9 Å². The molecule has 0 saturated heterocycles. The predicted octanol–water partition coefficient (Wildman–Crippen LogP) is 1.06. The van der Waals surface area contributed by atoms with Crippen LogP contribution in [0.15, 0.2) is 0 Å². The molecule has 0 bridgehead atoms. The van der Waals surface area contributed by atoms with E-state index in [1.807, 2.05) is 21.0 Å². The van der Waals surface area contributed by atoms with Gasteiger partial charge < -0.3 is 20.3 Å². The van der Waals surface area contributed by atoms with Gasteiger partial charge in [-0.3, -0.25) is 0 Å². The van der Waals surface area contributed by atoms with E-state index in [9.17, 15) is 0 Å². The highest BCUT2D eigenvalue weighted by atomic mass is 16.5. The van der Waals surface area contributed by atoms with Crippen LogP contribution in [-0.2, 0) is 0 Å². The normalized spacial score (nSPS) is 11.5. The molecule has 19 heavy (non-hydrogen) atoms. The summed E-state index contributed by atoms with van der Waals surface area (Å²) in [5, 5.41) is 6.11. The van der Waals surface area contributed by atoms with Crippen LogP contribution in [0.1, 0.15) is 20.8 Å². The number of nitrogens with one attached hydrogen (secondary N) is 2. The van der Waals surface area contributed by atoms with E-state index in [2.05, 4.69) is 44.3 Å². The van der Waals surface area contributed by atoms with Crippen molar-refractivity contribution >= 4 is 11.9 Å². The van der Waals surface area contributed by atoms with Gasteiger partial charge in [-0.15, -0.1) is 0 Å². The van der Waals surface area contributed by atoms with E-state index < -0.39 is 0 Å². The van der Waals surface area contributed by atoms with Crippen LogP contribution in [0.3, 0.4) is 0 Å². The molecule has 1 aromatic heterocycles. The Labute approximate surface area is 114 Å². The van der Waals surface area contributed by atoms with Gasteiger partial charge in [0.25, 0.3) is 0 Å². The van der Waals surface area contributed by atoms with Crippen molar-refractivity contribution in [2.75, 3.05) is 44.9 Å². The van der Waals surface area contributed by atoms with Gasteiger partial charge in [-0.1, -0.05) is 0 Å². The lowest BCUT2D eigenvalue weighted by atomic mass is 10.1. The smallest absolute Gasteiger partial charge is 0.323 e. The molecule has 0 atom stereocenters. The molecule has 0 spiro atoms. The number of hydrogen-bond donors (Lipinski definition) is 2. The van der Waals surface area contributed by atoms with Crippen LogP contribution >= 0.6 is 0 Å². The maximum absolute atomic E-state index is 5.32. The van der Waals surface area contributed by atoms with E-state index in [4.69, 9.17) is 4.74 Å². The van der Waals surface area contributed by atoms with Gasteiger partial charge in [-0.05, 0) is 34.9 Å². The molecule has 0 radical (unpaired) electrons. The molecule has 0 fully saturated rings. The Morgan fingerprint density at radius 2 is 1.79 bits per heavy atom. The van der Waals surface area contributed by atoms with Crippen LogP contribution in [0.25, 0.3) is 0 Å². The van der Waals surface area contributed by atoms with Gasteiger partial charge >= 0.3 is 6.01 Å². The van der Waals surface area contributed by atoms with Crippen molar-refractivity contribution in [2.45, 2.75) is 26.3 Å². The minimum atomic E-state index is -0.00177. The summed E-state index contributed by atoms with van der Waals surface area (Å²) < 4.78 is 5.32. The quantitative estimate of drug-likeness (QED) is 0.766. The minimum Gasteiger partial charge on any atom is -0.464 e. The highest BCUT2D eigenvalue weighted by Gasteiger charge is 2.20. The topological polar surface area (TPSA) is 75.2 Å². The molecule has 2 N–H and O–H groups in total. The van der Waals surface area contributed by atoms with Crippen LogP contribution < -0.4 is 15.4 Å². The molecule has 7 nitrogen and oxygen atoms in total. The molecule has 7 heteroatoms. The molecule has 0 saturated carbocycles. The Bertz CT molecular complexity index is 407. The van der Waals surface area contributed by atoms with Crippen LogP contribution in [0.2, 0.25) is 0 Å². The fraction of sp³-hybridized carbons (Fsp3) is 0.750. The first kappa shape index (κ1) is 15.4. The number of likely N-dealkylation sites (N-methyl/N-ethyl adjacent to an activating group) is 1. The van der Waals surface area contributed by atoms with Gasteiger partial charge in [0, 0.05) is 19.1 Å². The molecule has 0 aromatic carbocycles. The molecule has 0 aliphatic rings. The maximum Gasteiger partial charge on any atom is 0.323 e. The average molecular weight is 268 g/mol. The van der Waals surface area contributed by atoms with Crippen molar-refractivity contribution in [1.29, 1.82) is 0 Å². The Kier molecular flexibility index (Phi) is 5.29. The van der Waals surface area contributed by atoms with Crippen molar-refractivity contribution in [1.82, 2.24) is 19.9 Å². The minimum absolute atomic E-state index is 0.00177. The van der Waals surface area contributed by atoms with Crippen LogP contribution in [0, 0.1) is 0 Å². The third kappa shape index (κ3) is 4.51. The SMILES string of the molecule is CCOc1nc(NC)nc(NCC(C)(C)N(C)C)n1. The predicted molar refractivity (Wildman–Crippen MR) is 76.8 cm³/mol. The van der Waals surface area contributed by atoms with Gasteiger partial charge in [0.15, 0.2) is 0 Å². The second-order valence-corrected chi connectivity index (χ2v) is 5.01. The maximum atomic E-state index is 5.32. The van der Waals surface area contributed by atoms with Crippen molar-refractivity contribution < 1.29 is 4.74 Å². The molecule has 0 aliphatic carbocycles. The zero-order valence-corrected chi connectivity index (χ0v) is 12.6. The van der Waals surface area contributed by atoms with E-state index in [-0.39, 0.29) is 5.54 Å². The first-order chi connectivity index (χ1) is 8.89. The van der Waals surface area contributed by atoms with Gasteiger partial charge in [0.2, 0.25) is 11.9 Å². The van der Waals surface area contributed by atoms with Crippen molar-refractivity contribution in [3.8, 4) is 6.01 Å². The lowest BCUT2D eigenvalue weighted by molar-refractivity contribution is 0.209. The molecule has 0 aliphatic heterocycles. The summed E-state index contributed by atoms with van der Waals surface area (Å²) in [6.07, 6.45) is 0. The van der Waals surface area contributed by atoms with Gasteiger partial charge in [-0.2, -0.15) is 15.0 Å². The summed E-state index contributed by atoms with van der Waals surface area (Å²) in [5.74, 6) is 1.00. The number of ether oxygens (including phenoxy) is 1. The van der Waals surface area contributed by atoms with Crippen molar-refractivity contribution in [3.63, 3.8) is 0 Å². The highest BCUT2D eigenvalue weighted by molar-refractivity contribution is 5.35. The molecule has 1 aromatic rings. The molecule has 108 valence electrons. The molecule has 0 amide bonds. The molecule has 1 rings (SSSR count). The van der Waals surface area contributed by atoms with Crippen molar-refractivity contribution in [2.24, 2.45) is 0 Å². The first-order valence-electron chi connectivity index (χ1n) is 6.37. The number of hydrogen-bond acceptors (Lipinski definition) is 7. The van der Waals surface area contributed by atoms with Gasteiger partial charge in [-0.25, -0.2) is 0 Å². The van der Waals surface area contributed by atoms with Crippen molar-refractivity contribution in [3.05, 3.63) is 0 Å². The second-order valence-electron chi connectivity index (χ2n) is 5.01. The summed E-state index contributed by atoms with van der Waals surface area (Å²) in [6, 6.07) is 0.326. The molecule has 0 unspecified atom stereocenters. The molecular formula is C12H24N6O. The Morgan fingerprint density at radius 1 is 1.16 bits per heavy atom. The van der Waals surface area contributed by atoms with Gasteiger partial charge in [0.05, 0.1) is 6.61 Å². The largest absolute Gasteiger partial charge is 0.464 e. The summed E-state index contributed by atoms with van der Waals surface area (Å²) in [6.45, 7) is 7.42. The fourth-order valence-electron chi connectivity index (χ4n) is 1.19. The summed E-state index contributed by atoms with van der Waals surface area (Å²) in [4.78, 5) is 14.7. The van der Waals surface area contributed by atoms with Crippen LogP contribution in [-0.4, -0.2) is 59.7 Å². The standard InChI is InChI=1S/C12H24N6O/c1-7-19-11-16-9(13-4)15-10(17-11)14-8-12(2,3)18(5)6/h7-8H2,1-6H3,(H2,13,14,15,16,17). The monoisotopic (exact) mass is 268 g/mol. The third-order valence-electron chi connectivity index (χ3n) is 3.00. The Morgan fingerprint density at radius 3 is 2.32 bits per heavy atom. The second kappa shape index (κ2) is 6.51. The van der Waals surface area contributed by atoms with Gasteiger partial charge in [0.1, 0.15) is 0 Å². The van der Waals surface area contributed by atoms with E-state index in [0.29, 0.717) is 24.5 Å². The number of anilines is 2. The zero-order chi connectivity index (χ0) is 14.5. The van der Waals surface area contributed by atoms with Crippen LogP contribution in [0.5, 0.6) is 6.01 Å².